The highest BCUT2D eigenvalue weighted by atomic mass is 15.1. The summed E-state index contributed by atoms with van der Waals surface area (Å²) in [7, 11) is 2.26. The van der Waals surface area contributed by atoms with Gasteiger partial charge in [0.25, 0.3) is 0 Å². The van der Waals surface area contributed by atoms with Gasteiger partial charge in [-0.15, -0.1) is 0 Å². The lowest BCUT2D eigenvalue weighted by Crippen LogP contribution is -2.45. The SMILES string of the molecule is CCC(CC)(CNC(C)C)CN(C)CC(C)(C)C. The highest BCUT2D eigenvalue weighted by Crippen LogP contribution is 2.28. The Morgan fingerprint density at radius 3 is 1.83 bits per heavy atom. The first-order valence-corrected chi connectivity index (χ1v) is 7.56. The maximum atomic E-state index is 3.63. The molecule has 0 amide bonds. The summed E-state index contributed by atoms with van der Waals surface area (Å²) >= 11 is 0. The minimum Gasteiger partial charge on any atom is -0.314 e. The molecule has 0 bridgehead atoms. The van der Waals surface area contributed by atoms with Crippen LogP contribution in [0.15, 0.2) is 0 Å². The van der Waals surface area contributed by atoms with Gasteiger partial charge in [0, 0.05) is 25.7 Å². The molecule has 0 aromatic rings. The van der Waals surface area contributed by atoms with Gasteiger partial charge in [-0.3, -0.25) is 0 Å². The number of nitrogens with zero attached hydrogens (tertiary/aromatic N) is 1. The molecule has 0 radical (unpaired) electrons. The molecular formula is C16H36N2. The summed E-state index contributed by atoms with van der Waals surface area (Å²) in [6.07, 6.45) is 2.50. The van der Waals surface area contributed by atoms with Crippen LogP contribution < -0.4 is 5.32 Å². The summed E-state index contributed by atoms with van der Waals surface area (Å²) in [5, 5.41) is 3.63. The molecule has 0 aromatic heterocycles. The van der Waals surface area contributed by atoms with Gasteiger partial charge in [-0.1, -0.05) is 48.5 Å². The Hall–Kier alpha value is -0.0800. The summed E-state index contributed by atoms with van der Waals surface area (Å²) < 4.78 is 0. The van der Waals surface area contributed by atoms with Crippen LogP contribution in [0.2, 0.25) is 0 Å². The summed E-state index contributed by atoms with van der Waals surface area (Å²) in [5.41, 5.74) is 0.803. The molecule has 0 atom stereocenters. The Morgan fingerprint density at radius 2 is 1.50 bits per heavy atom. The smallest absolute Gasteiger partial charge is 0.00471 e. The number of nitrogens with one attached hydrogen (secondary N) is 1. The lowest BCUT2D eigenvalue weighted by molar-refractivity contribution is 0.123. The summed E-state index contributed by atoms with van der Waals surface area (Å²) in [5.74, 6) is 0. The van der Waals surface area contributed by atoms with E-state index in [1.807, 2.05) is 0 Å². The summed E-state index contributed by atoms with van der Waals surface area (Å²) in [4.78, 5) is 2.51. The van der Waals surface area contributed by atoms with Gasteiger partial charge >= 0.3 is 0 Å². The van der Waals surface area contributed by atoms with Gasteiger partial charge in [-0.2, -0.15) is 0 Å². The highest BCUT2D eigenvalue weighted by Gasteiger charge is 2.28. The van der Waals surface area contributed by atoms with Gasteiger partial charge < -0.3 is 10.2 Å². The molecule has 110 valence electrons. The second-order valence-electron chi connectivity index (χ2n) is 7.48. The van der Waals surface area contributed by atoms with Gasteiger partial charge in [0.15, 0.2) is 0 Å². The third kappa shape index (κ3) is 7.38. The Kier molecular flexibility index (Phi) is 7.46. The van der Waals surface area contributed by atoms with Crippen molar-refractivity contribution in [3.63, 3.8) is 0 Å². The minimum absolute atomic E-state index is 0.382. The van der Waals surface area contributed by atoms with Crippen molar-refractivity contribution in [3.05, 3.63) is 0 Å². The normalized spacial score (nSPS) is 13.7. The molecule has 2 heteroatoms. The molecule has 0 aromatic carbocycles. The fourth-order valence-electron chi connectivity index (χ4n) is 2.64. The van der Waals surface area contributed by atoms with E-state index >= 15 is 0 Å². The number of hydrogen-bond acceptors (Lipinski definition) is 2. The van der Waals surface area contributed by atoms with Crippen molar-refractivity contribution in [2.45, 2.75) is 67.3 Å². The van der Waals surface area contributed by atoms with E-state index in [0.29, 0.717) is 16.9 Å². The molecule has 0 spiro atoms. The van der Waals surface area contributed by atoms with E-state index in [1.165, 1.54) is 19.4 Å². The van der Waals surface area contributed by atoms with Crippen LogP contribution in [-0.4, -0.2) is 37.6 Å². The van der Waals surface area contributed by atoms with E-state index in [4.69, 9.17) is 0 Å². The standard InChI is InChI=1S/C16H36N2/c1-9-16(10-2,11-17-14(3)4)13-18(8)12-15(5,6)7/h14,17H,9-13H2,1-8H3. The monoisotopic (exact) mass is 256 g/mol. The van der Waals surface area contributed by atoms with E-state index in [0.717, 1.165) is 13.1 Å². The molecule has 1 N–H and O–H groups in total. The molecule has 0 fully saturated rings. The molecule has 0 aliphatic rings. The predicted molar refractivity (Wildman–Crippen MR) is 83.1 cm³/mol. The van der Waals surface area contributed by atoms with Gasteiger partial charge in [-0.05, 0) is 30.7 Å². The molecule has 18 heavy (non-hydrogen) atoms. The average Bonchev–Trinajstić information content (AvgIpc) is 2.21. The highest BCUT2D eigenvalue weighted by molar-refractivity contribution is 4.84. The van der Waals surface area contributed by atoms with Gasteiger partial charge in [0.05, 0.1) is 0 Å². The van der Waals surface area contributed by atoms with Crippen molar-refractivity contribution < 1.29 is 0 Å². The topological polar surface area (TPSA) is 15.3 Å². The molecule has 0 aliphatic carbocycles. The molecule has 0 saturated carbocycles. The van der Waals surface area contributed by atoms with Crippen LogP contribution in [0, 0.1) is 10.8 Å². The Bertz CT molecular complexity index is 212. The van der Waals surface area contributed by atoms with Crippen molar-refractivity contribution in [3.8, 4) is 0 Å². The van der Waals surface area contributed by atoms with Crippen molar-refractivity contribution in [1.29, 1.82) is 0 Å². The Labute approximate surface area is 116 Å². The third-order valence-electron chi connectivity index (χ3n) is 3.73. The second-order valence-corrected chi connectivity index (χ2v) is 7.48. The molecular weight excluding hydrogens is 220 g/mol. The van der Waals surface area contributed by atoms with Crippen molar-refractivity contribution in [2.75, 3.05) is 26.7 Å². The quantitative estimate of drug-likeness (QED) is 0.711. The predicted octanol–water partition coefficient (Wildman–Crippen LogP) is 3.77. The molecule has 0 unspecified atom stereocenters. The fraction of sp³-hybridized carbons (Fsp3) is 1.00. The van der Waals surface area contributed by atoms with Crippen LogP contribution in [0.25, 0.3) is 0 Å². The van der Waals surface area contributed by atoms with E-state index in [9.17, 15) is 0 Å². The third-order valence-corrected chi connectivity index (χ3v) is 3.73. The fourth-order valence-corrected chi connectivity index (χ4v) is 2.64. The number of hydrogen-bond donors (Lipinski definition) is 1. The van der Waals surface area contributed by atoms with Crippen molar-refractivity contribution in [2.24, 2.45) is 10.8 Å². The maximum Gasteiger partial charge on any atom is 0.00471 e. The Balaban J connectivity index is 4.49. The lowest BCUT2D eigenvalue weighted by atomic mass is 9.81. The first-order valence-electron chi connectivity index (χ1n) is 7.56. The average molecular weight is 256 g/mol. The van der Waals surface area contributed by atoms with Crippen molar-refractivity contribution in [1.82, 2.24) is 10.2 Å². The molecule has 2 nitrogen and oxygen atoms in total. The largest absolute Gasteiger partial charge is 0.314 e. The van der Waals surface area contributed by atoms with E-state index in [-0.39, 0.29) is 0 Å². The first-order chi connectivity index (χ1) is 8.14. The van der Waals surface area contributed by atoms with E-state index < -0.39 is 0 Å². The van der Waals surface area contributed by atoms with Crippen LogP contribution in [0.4, 0.5) is 0 Å². The molecule has 0 rings (SSSR count). The molecule has 0 heterocycles. The zero-order chi connectivity index (χ0) is 14.4. The van der Waals surface area contributed by atoms with Crippen molar-refractivity contribution >= 4 is 0 Å². The lowest BCUT2D eigenvalue weighted by Gasteiger charge is -2.38. The minimum atomic E-state index is 0.382. The first kappa shape index (κ1) is 17.9. The van der Waals surface area contributed by atoms with Gasteiger partial charge in [0.1, 0.15) is 0 Å². The summed E-state index contributed by atoms with van der Waals surface area (Å²) in [6.45, 7) is 19.6. The zero-order valence-corrected chi connectivity index (χ0v) is 14.1. The van der Waals surface area contributed by atoms with Gasteiger partial charge in [0.2, 0.25) is 0 Å². The Morgan fingerprint density at radius 1 is 1.00 bits per heavy atom. The maximum absolute atomic E-state index is 3.63. The summed E-state index contributed by atoms with van der Waals surface area (Å²) in [6, 6.07) is 0.579. The van der Waals surface area contributed by atoms with Crippen LogP contribution in [0.5, 0.6) is 0 Å². The second kappa shape index (κ2) is 7.49. The van der Waals surface area contributed by atoms with Gasteiger partial charge in [-0.25, -0.2) is 0 Å². The van der Waals surface area contributed by atoms with E-state index in [2.05, 4.69) is 65.7 Å². The zero-order valence-electron chi connectivity index (χ0n) is 14.1. The van der Waals surface area contributed by atoms with Crippen LogP contribution in [-0.2, 0) is 0 Å². The van der Waals surface area contributed by atoms with Crippen LogP contribution in [0.1, 0.15) is 61.3 Å². The number of rotatable bonds is 8. The van der Waals surface area contributed by atoms with Crippen LogP contribution in [0.3, 0.4) is 0 Å². The van der Waals surface area contributed by atoms with E-state index in [1.54, 1.807) is 0 Å². The molecule has 0 aliphatic heterocycles. The molecule has 0 saturated heterocycles. The van der Waals surface area contributed by atoms with Crippen LogP contribution >= 0.6 is 0 Å².